The number of aromatic nitrogens is 6. The summed E-state index contributed by atoms with van der Waals surface area (Å²) in [6, 6.07) is 0.187. The van der Waals surface area contributed by atoms with E-state index in [2.05, 4.69) is 25.0 Å². The molecular weight excluding hydrogens is 296 g/mol. The van der Waals surface area contributed by atoms with E-state index in [0.29, 0.717) is 0 Å². The first kappa shape index (κ1) is 14.2. The first-order valence-electron chi connectivity index (χ1n) is 6.69. The summed E-state index contributed by atoms with van der Waals surface area (Å²) in [7, 11) is 0. The van der Waals surface area contributed by atoms with Gasteiger partial charge in [-0.05, 0) is 25.4 Å². The van der Waals surface area contributed by atoms with Crippen molar-refractivity contribution in [1.29, 1.82) is 0 Å². The lowest BCUT2D eigenvalue weighted by Crippen LogP contribution is -2.36. The van der Waals surface area contributed by atoms with Crippen molar-refractivity contribution in [3.8, 4) is 12.0 Å². The van der Waals surface area contributed by atoms with Crippen LogP contribution >= 0.6 is 11.6 Å². The van der Waals surface area contributed by atoms with E-state index >= 15 is 0 Å². The molecule has 8 nitrogen and oxygen atoms in total. The molecule has 3 heterocycles. The van der Waals surface area contributed by atoms with Gasteiger partial charge in [0.2, 0.25) is 5.28 Å². The van der Waals surface area contributed by atoms with Gasteiger partial charge in [0.15, 0.2) is 0 Å². The molecule has 0 N–H and O–H groups in total. The fourth-order valence-electron chi connectivity index (χ4n) is 2.38. The molecule has 0 spiro atoms. The SMILES string of the molecule is CC1CC(Oc2nc(Cl)nc(-n3cncn3)n2)CC(C)O1. The summed E-state index contributed by atoms with van der Waals surface area (Å²) in [5.41, 5.74) is 0. The van der Waals surface area contributed by atoms with Crippen LogP contribution in [0.15, 0.2) is 12.7 Å². The van der Waals surface area contributed by atoms with Gasteiger partial charge in [0, 0.05) is 12.8 Å². The van der Waals surface area contributed by atoms with E-state index in [1.54, 1.807) is 0 Å². The third-order valence-electron chi connectivity index (χ3n) is 3.13. The molecule has 112 valence electrons. The molecule has 0 bridgehead atoms. The van der Waals surface area contributed by atoms with Crippen LogP contribution in [0.2, 0.25) is 5.28 Å². The predicted octanol–water partition coefficient (Wildman–Crippen LogP) is 1.44. The van der Waals surface area contributed by atoms with E-state index in [0.717, 1.165) is 12.8 Å². The monoisotopic (exact) mass is 310 g/mol. The van der Waals surface area contributed by atoms with Crippen molar-refractivity contribution in [3.05, 3.63) is 17.9 Å². The lowest BCUT2D eigenvalue weighted by Gasteiger charge is -2.31. The number of ether oxygens (including phenoxy) is 2. The number of rotatable bonds is 3. The molecule has 0 radical (unpaired) electrons. The van der Waals surface area contributed by atoms with E-state index in [1.807, 2.05) is 13.8 Å². The molecule has 9 heteroatoms. The molecule has 0 aromatic carbocycles. The van der Waals surface area contributed by atoms with Gasteiger partial charge in [-0.25, -0.2) is 4.98 Å². The molecule has 0 saturated carbocycles. The minimum atomic E-state index is -0.00851. The Kier molecular flexibility index (Phi) is 3.98. The van der Waals surface area contributed by atoms with E-state index in [9.17, 15) is 0 Å². The third-order valence-corrected chi connectivity index (χ3v) is 3.29. The van der Waals surface area contributed by atoms with Crippen molar-refractivity contribution >= 4 is 11.6 Å². The average molecular weight is 311 g/mol. The predicted molar refractivity (Wildman–Crippen MR) is 73.4 cm³/mol. The Morgan fingerprint density at radius 1 is 1.24 bits per heavy atom. The molecule has 3 rings (SSSR count). The molecule has 0 amide bonds. The standard InChI is InChI=1S/C12H15ClN6O2/c1-7-3-9(4-8(2)20-7)21-12-17-10(13)16-11(18-12)19-6-14-5-15-19/h5-9H,3-4H2,1-2H3. The molecule has 1 saturated heterocycles. The van der Waals surface area contributed by atoms with Crippen molar-refractivity contribution in [2.45, 2.75) is 45.0 Å². The van der Waals surface area contributed by atoms with Gasteiger partial charge in [0.05, 0.1) is 12.2 Å². The minimum Gasteiger partial charge on any atom is -0.460 e. The zero-order valence-electron chi connectivity index (χ0n) is 11.7. The highest BCUT2D eigenvalue weighted by molar-refractivity contribution is 6.28. The molecule has 1 fully saturated rings. The van der Waals surface area contributed by atoms with Crippen molar-refractivity contribution in [3.63, 3.8) is 0 Å². The Morgan fingerprint density at radius 2 is 2.00 bits per heavy atom. The highest BCUT2D eigenvalue weighted by atomic mass is 35.5. The number of hydrogen-bond acceptors (Lipinski definition) is 7. The number of nitrogens with zero attached hydrogens (tertiary/aromatic N) is 6. The molecule has 2 atom stereocenters. The van der Waals surface area contributed by atoms with E-state index in [1.165, 1.54) is 17.3 Å². The van der Waals surface area contributed by atoms with Gasteiger partial charge < -0.3 is 9.47 Å². The first-order valence-corrected chi connectivity index (χ1v) is 7.06. The van der Waals surface area contributed by atoms with Crippen LogP contribution in [-0.2, 0) is 4.74 Å². The Labute approximate surface area is 126 Å². The maximum Gasteiger partial charge on any atom is 0.322 e. The fourth-order valence-corrected chi connectivity index (χ4v) is 2.53. The van der Waals surface area contributed by atoms with Crippen LogP contribution in [0.25, 0.3) is 5.95 Å². The van der Waals surface area contributed by atoms with Crippen molar-refractivity contribution in [2.24, 2.45) is 0 Å². The van der Waals surface area contributed by atoms with Gasteiger partial charge in [-0.2, -0.15) is 24.7 Å². The van der Waals surface area contributed by atoms with Gasteiger partial charge in [-0.3, -0.25) is 0 Å². The Bertz CT molecular complexity index is 598. The summed E-state index contributed by atoms with van der Waals surface area (Å²) in [6.45, 7) is 4.04. The second kappa shape index (κ2) is 5.90. The molecule has 2 aromatic rings. The Morgan fingerprint density at radius 3 is 2.67 bits per heavy atom. The van der Waals surface area contributed by atoms with Gasteiger partial charge in [-0.15, -0.1) is 0 Å². The zero-order chi connectivity index (χ0) is 14.8. The van der Waals surface area contributed by atoms with E-state index < -0.39 is 0 Å². The zero-order valence-corrected chi connectivity index (χ0v) is 12.4. The summed E-state index contributed by atoms with van der Waals surface area (Å²) in [5.74, 6) is 0.274. The third kappa shape index (κ3) is 3.45. The van der Waals surface area contributed by atoms with E-state index in [-0.39, 0.29) is 35.6 Å². The summed E-state index contributed by atoms with van der Waals surface area (Å²) >= 11 is 5.91. The molecular formula is C12H15ClN6O2. The number of halogens is 1. The second-order valence-corrected chi connectivity index (χ2v) is 5.33. The highest BCUT2D eigenvalue weighted by Gasteiger charge is 2.26. The lowest BCUT2D eigenvalue weighted by molar-refractivity contribution is -0.0739. The first-order chi connectivity index (χ1) is 10.1. The normalized spacial score (nSPS) is 25.8. The van der Waals surface area contributed by atoms with Crippen LogP contribution in [0, 0.1) is 0 Å². The maximum atomic E-state index is 5.91. The van der Waals surface area contributed by atoms with Crippen LogP contribution in [0.1, 0.15) is 26.7 Å². The fraction of sp³-hybridized carbons (Fsp3) is 0.583. The van der Waals surface area contributed by atoms with Gasteiger partial charge in [-0.1, -0.05) is 0 Å². The van der Waals surface area contributed by atoms with Crippen LogP contribution in [0.4, 0.5) is 0 Å². The molecule has 2 aromatic heterocycles. The van der Waals surface area contributed by atoms with Crippen LogP contribution in [-0.4, -0.2) is 48.0 Å². The van der Waals surface area contributed by atoms with Gasteiger partial charge in [0.25, 0.3) is 5.95 Å². The summed E-state index contributed by atoms with van der Waals surface area (Å²) in [4.78, 5) is 16.1. The topological polar surface area (TPSA) is 87.8 Å². The Hall–Kier alpha value is -1.80. The highest BCUT2D eigenvalue weighted by Crippen LogP contribution is 2.23. The molecule has 21 heavy (non-hydrogen) atoms. The molecule has 1 aliphatic rings. The molecule has 1 aliphatic heterocycles. The Balaban J connectivity index is 1.79. The minimum absolute atomic E-state index is 0.00851. The van der Waals surface area contributed by atoms with Crippen molar-refractivity contribution < 1.29 is 9.47 Å². The second-order valence-electron chi connectivity index (χ2n) is 5.00. The number of hydrogen-bond donors (Lipinski definition) is 0. The van der Waals surface area contributed by atoms with Gasteiger partial charge in [0.1, 0.15) is 18.8 Å². The quantitative estimate of drug-likeness (QED) is 0.847. The van der Waals surface area contributed by atoms with Crippen LogP contribution in [0.5, 0.6) is 6.01 Å². The van der Waals surface area contributed by atoms with Crippen molar-refractivity contribution in [2.75, 3.05) is 0 Å². The van der Waals surface area contributed by atoms with E-state index in [4.69, 9.17) is 21.1 Å². The van der Waals surface area contributed by atoms with Crippen LogP contribution < -0.4 is 4.74 Å². The average Bonchev–Trinajstić information content (AvgIpc) is 2.90. The smallest absolute Gasteiger partial charge is 0.322 e. The molecule has 2 unspecified atom stereocenters. The maximum absolute atomic E-state index is 5.91. The van der Waals surface area contributed by atoms with Crippen LogP contribution in [0.3, 0.4) is 0 Å². The van der Waals surface area contributed by atoms with Gasteiger partial charge >= 0.3 is 6.01 Å². The summed E-state index contributed by atoms with van der Waals surface area (Å²) in [6.07, 6.45) is 4.72. The summed E-state index contributed by atoms with van der Waals surface area (Å²) < 4.78 is 12.9. The largest absolute Gasteiger partial charge is 0.460 e. The molecule has 0 aliphatic carbocycles. The summed E-state index contributed by atoms with van der Waals surface area (Å²) in [5, 5.41) is 4.01. The lowest BCUT2D eigenvalue weighted by atomic mass is 10.0. The van der Waals surface area contributed by atoms with Crippen molar-refractivity contribution in [1.82, 2.24) is 29.7 Å².